The standard InChI is InChI=1S/C20H31FN2O2/c1-5-11-22-18(13-15-6-8-17(21)9-7-15)16-10-12-23(14-16)19(24)25-20(2,3)4/h6-9,16,18,22H,5,10-14H2,1-4H3. The highest BCUT2D eigenvalue weighted by atomic mass is 19.1. The monoisotopic (exact) mass is 350 g/mol. The second-order valence-electron chi connectivity index (χ2n) is 7.87. The van der Waals surface area contributed by atoms with Crippen molar-refractivity contribution in [2.24, 2.45) is 5.92 Å². The summed E-state index contributed by atoms with van der Waals surface area (Å²) in [6.07, 6.45) is 2.63. The molecule has 0 aromatic heterocycles. The molecular formula is C20H31FN2O2. The molecule has 1 heterocycles. The first kappa shape index (κ1) is 19.7. The lowest BCUT2D eigenvalue weighted by molar-refractivity contribution is 0.0285. The Morgan fingerprint density at radius 1 is 1.36 bits per heavy atom. The lowest BCUT2D eigenvalue weighted by Gasteiger charge is -2.27. The van der Waals surface area contributed by atoms with Crippen molar-refractivity contribution in [2.45, 2.75) is 58.6 Å². The van der Waals surface area contributed by atoms with Crippen LogP contribution < -0.4 is 5.32 Å². The second-order valence-corrected chi connectivity index (χ2v) is 7.87. The van der Waals surface area contributed by atoms with Gasteiger partial charge in [-0.05, 0) is 70.2 Å². The van der Waals surface area contributed by atoms with E-state index in [9.17, 15) is 9.18 Å². The van der Waals surface area contributed by atoms with Crippen molar-refractivity contribution < 1.29 is 13.9 Å². The predicted octanol–water partition coefficient (Wildman–Crippen LogP) is 3.99. The minimum atomic E-state index is -0.469. The fraction of sp³-hybridized carbons (Fsp3) is 0.650. The Hall–Kier alpha value is -1.62. The van der Waals surface area contributed by atoms with Crippen molar-refractivity contribution in [3.8, 4) is 0 Å². The number of benzene rings is 1. The van der Waals surface area contributed by atoms with Crippen LogP contribution in [0.2, 0.25) is 0 Å². The minimum absolute atomic E-state index is 0.209. The zero-order chi connectivity index (χ0) is 18.4. The molecule has 0 bridgehead atoms. The minimum Gasteiger partial charge on any atom is -0.444 e. The van der Waals surface area contributed by atoms with Crippen LogP contribution in [0.1, 0.15) is 46.1 Å². The molecule has 1 aliphatic rings. The van der Waals surface area contributed by atoms with Crippen LogP contribution in [0.4, 0.5) is 9.18 Å². The summed E-state index contributed by atoms with van der Waals surface area (Å²) in [6.45, 7) is 10.2. The number of carbonyl (C=O) groups is 1. The zero-order valence-corrected chi connectivity index (χ0v) is 15.8. The molecule has 0 radical (unpaired) electrons. The first-order valence-corrected chi connectivity index (χ1v) is 9.24. The van der Waals surface area contributed by atoms with Crippen LogP contribution in [0.3, 0.4) is 0 Å². The molecule has 1 amide bonds. The lowest BCUT2D eigenvalue weighted by Crippen LogP contribution is -2.41. The predicted molar refractivity (Wildman–Crippen MR) is 98.1 cm³/mol. The van der Waals surface area contributed by atoms with Crippen molar-refractivity contribution >= 4 is 6.09 Å². The van der Waals surface area contributed by atoms with E-state index in [1.807, 2.05) is 32.9 Å². The summed E-state index contributed by atoms with van der Waals surface area (Å²) >= 11 is 0. The van der Waals surface area contributed by atoms with Gasteiger partial charge in [0.25, 0.3) is 0 Å². The van der Waals surface area contributed by atoms with Crippen LogP contribution in [0.5, 0.6) is 0 Å². The van der Waals surface area contributed by atoms with E-state index in [0.717, 1.165) is 37.9 Å². The summed E-state index contributed by atoms with van der Waals surface area (Å²) in [4.78, 5) is 14.1. The molecule has 2 unspecified atom stereocenters. The van der Waals surface area contributed by atoms with E-state index in [1.165, 1.54) is 12.1 Å². The molecule has 2 atom stereocenters. The number of likely N-dealkylation sites (tertiary alicyclic amines) is 1. The Bertz CT molecular complexity index is 554. The first-order chi connectivity index (χ1) is 11.8. The summed E-state index contributed by atoms with van der Waals surface area (Å²) in [5.41, 5.74) is 0.647. The van der Waals surface area contributed by atoms with Crippen LogP contribution >= 0.6 is 0 Å². The van der Waals surface area contributed by atoms with Crippen molar-refractivity contribution in [1.29, 1.82) is 0 Å². The van der Waals surface area contributed by atoms with E-state index in [0.29, 0.717) is 12.5 Å². The molecule has 0 spiro atoms. The van der Waals surface area contributed by atoms with E-state index in [4.69, 9.17) is 4.74 Å². The highest BCUT2D eigenvalue weighted by Crippen LogP contribution is 2.24. The third kappa shape index (κ3) is 6.31. The van der Waals surface area contributed by atoms with Crippen LogP contribution in [0, 0.1) is 11.7 Å². The number of nitrogens with zero attached hydrogens (tertiary/aromatic N) is 1. The largest absolute Gasteiger partial charge is 0.444 e. The Morgan fingerprint density at radius 3 is 2.64 bits per heavy atom. The van der Waals surface area contributed by atoms with Gasteiger partial charge in [-0.2, -0.15) is 0 Å². The lowest BCUT2D eigenvalue weighted by atomic mass is 9.92. The van der Waals surface area contributed by atoms with Crippen LogP contribution in [-0.4, -0.2) is 42.3 Å². The quantitative estimate of drug-likeness (QED) is 0.843. The molecule has 140 valence electrons. The maximum absolute atomic E-state index is 13.1. The van der Waals surface area contributed by atoms with E-state index >= 15 is 0 Å². The van der Waals surface area contributed by atoms with Crippen molar-refractivity contribution in [3.63, 3.8) is 0 Å². The van der Waals surface area contributed by atoms with E-state index in [1.54, 1.807) is 4.90 Å². The Labute approximate surface area is 150 Å². The van der Waals surface area contributed by atoms with E-state index in [2.05, 4.69) is 12.2 Å². The van der Waals surface area contributed by atoms with Gasteiger partial charge >= 0.3 is 6.09 Å². The van der Waals surface area contributed by atoms with Gasteiger partial charge < -0.3 is 15.0 Å². The van der Waals surface area contributed by atoms with Crippen molar-refractivity contribution in [3.05, 3.63) is 35.6 Å². The summed E-state index contributed by atoms with van der Waals surface area (Å²) in [6, 6.07) is 6.98. The fourth-order valence-corrected chi connectivity index (χ4v) is 3.22. The molecule has 25 heavy (non-hydrogen) atoms. The number of hydrogen-bond acceptors (Lipinski definition) is 3. The highest BCUT2D eigenvalue weighted by Gasteiger charge is 2.33. The number of rotatable bonds is 6. The highest BCUT2D eigenvalue weighted by molar-refractivity contribution is 5.68. The number of nitrogens with one attached hydrogen (secondary N) is 1. The van der Waals surface area contributed by atoms with Gasteiger partial charge in [0.05, 0.1) is 0 Å². The van der Waals surface area contributed by atoms with Gasteiger partial charge in [0.1, 0.15) is 11.4 Å². The number of hydrogen-bond donors (Lipinski definition) is 1. The SMILES string of the molecule is CCCNC(Cc1ccc(F)cc1)C1CCN(C(=O)OC(C)(C)C)C1. The number of ether oxygens (including phenoxy) is 1. The van der Waals surface area contributed by atoms with Gasteiger partial charge in [0.2, 0.25) is 0 Å². The molecule has 0 saturated carbocycles. The summed E-state index contributed by atoms with van der Waals surface area (Å²) in [5, 5.41) is 3.61. The number of halogens is 1. The summed E-state index contributed by atoms with van der Waals surface area (Å²) in [7, 11) is 0. The Morgan fingerprint density at radius 2 is 2.04 bits per heavy atom. The van der Waals surface area contributed by atoms with Gasteiger partial charge in [-0.15, -0.1) is 0 Å². The first-order valence-electron chi connectivity index (χ1n) is 9.24. The Kier molecular flexibility index (Phi) is 6.82. The van der Waals surface area contributed by atoms with Crippen LogP contribution in [0.15, 0.2) is 24.3 Å². The van der Waals surface area contributed by atoms with Crippen molar-refractivity contribution in [2.75, 3.05) is 19.6 Å². The third-order valence-electron chi connectivity index (χ3n) is 4.47. The van der Waals surface area contributed by atoms with E-state index < -0.39 is 5.60 Å². The molecule has 1 aromatic rings. The van der Waals surface area contributed by atoms with Crippen LogP contribution in [0.25, 0.3) is 0 Å². The average molecular weight is 350 g/mol. The normalized spacial score (nSPS) is 19.1. The van der Waals surface area contributed by atoms with Gasteiger partial charge in [0.15, 0.2) is 0 Å². The summed E-state index contributed by atoms with van der Waals surface area (Å²) in [5.74, 6) is 0.169. The molecule has 1 fully saturated rings. The molecule has 1 aromatic carbocycles. The molecule has 5 heteroatoms. The van der Waals surface area contributed by atoms with Gasteiger partial charge in [-0.3, -0.25) is 0 Å². The number of carbonyl (C=O) groups excluding carboxylic acids is 1. The zero-order valence-electron chi connectivity index (χ0n) is 15.8. The van der Waals surface area contributed by atoms with Gasteiger partial charge in [-0.25, -0.2) is 9.18 Å². The molecule has 1 aliphatic heterocycles. The van der Waals surface area contributed by atoms with E-state index in [-0.39, 0.29) is 18.0 Å². The smallest absolute Gasteiger partial charge is 0.410 e. The third-order valence-corrected chi connectivity index (χ3v) is 4.47. The van der Waals surface area contributed by atoms with Gasteiger partial charge in [-0.1, -0.05) is 19.1 Å². The number of amides is 1. The van der Waals surface area contributed by atoms with Gasteiger partial charge in [0, 0.05) is 19.1 Å². The molecule has 1 saturated heterocycles. The summed E-state index contributed by atoms with van der Waals surface area (Å²) < 4.78 is 18.6. The molecule has 4 nitrogen and oxygen atoms in total. The maximum atomic E-state index is 13.1. The van der Waals surface area contributed by atoms with Crippen molar-refractivity contribution in [1.82, 2.24) is 10.2 Å². The molecule has 2 rings (SSSR count). The molecule has 1 N–H and O–H groups in total. The Balaban J connectivity index is 1.98. The fourth-order valence-electron chi connectivity index (χ4n) is 3.22. The maximum Gasteiger partial charge on any atom is 0.410 e. The topological polar surface area (TPSA) is 41.6 Å². The van der Waals surface area contributed by atoms with Crippen LogP contribution in [-0.2, 0) is 11.2 Å². The second kappa shape index (κ2) is 8.65. The average Bonchev–Trinajstić information content (AvgIpc) is 3.01. The molecular weight excluding hydrogens is 319 g/mol. The molecule has 0 aliphatic carbocycles.